The van der Waals surface area contributed by atoms with E-state index in [1.807, 2.05) is 12.3 Å². The summed E-state index contributed by atoms with van der Waals surface area (Å²) in [6, 6.07) is 8.02. The van der Waals surface area contributed by atoms with E-state index >= 15 is 0 Å². The standard InChI is InChI=1S/C9H7FN2/c10-8-2-4-9(5-3-8)12-7-1-6-11-12/h1-7H/i10-1. The van der Waals surface area contributed by atoms with Crippen molar-refractivity contribution >= 4 is 0 Å². The van der Waals surface area contributed by atoms with Crippen LogP contribution < -0.4 is 0 Å². The molecule has 0 aliphatic rings. The van der Waals surface area contributed by atoms with Crippen LogP contribution in [0.3, 0.4) is 0 Å². The molecule has 2 nitrogen and oxygen atoms in total. The van der Waals surface area contributed by atoms with E-state index < -0.39 is 0 Å². The third kappa shape index (κ3) is 1.21. The molecule has 3 heteroatoms. The molecule has 0 radical (unpaired) electrons. The van der Waals surface area contributed by atoms with Crippen molar-refractivity contribution in [3.63, 3.8) is 0 Å². The third-order valence-corrected chi connectivity index (χ3v) is 1.60. The van der Waals surface area contributed by atoms with Crippen LogP contribution in [-0.2, 0) is 0 Å². The molecule has 0 fully saturated rings. The molecule has 0 saturated carbocycles. The monoisotopic (exact) mass is 161 g/mol. The zero-order valence-corrected chi connectivity index (χ0v) is 6.31. The van der Waals surface area contributed by atoms with Gasteiger partial charge >= 0.3 is 0 Å². The van der Waals surface area contributed by atoms with Crippen LogP contribution >= 0.6 is 0 Å². The van der Waals surface area contributed by atoms with E-state index in [0.717, 1.165) is 5.69 Å². The van der Waals surface area contributed by atoms with E-state index in [4.69, 9.17) is 0 Å². The second kappa shape index (κ2) is 2.77. The highest BCUT2D eigenvalue weighted by atomic mass is 18.2. The highest BCUT2D eigenvalue weighted by Crippen LogP contribution is 2.06. The van der Waals surface area contributed by atoms with E-state index in [1.54, 1.807) is 23.0 Å². The van der Waals surface area contributed by atoms with Gasteiger partial charge in [0, 0.05) is 12.4 Å². The van der Waals surface area contributed by atoms with Crippen LogP contribution in [0.1, 0.15) is 0 Å². The Morgan fingerprint density at radius 3 is 2.50 bits per heavy atom. The Balaban J connectivity index is 2.43. The number of aromatic nitrogens is 2. The lowest BCUT2D eigenvalue weighted by Gasteiger charge is -1.98. The number of benzene rings is 1. The van der Waals surface area contributed by atoms with Gasteiger partial charge in [-0.1, -0.05) is 0 Å². The average Bonchev–Trinajstić information content (AvgIpc) is 2.58. The Kier molecular flexibility index (Phi) is 1.63. The Hall–Kier alpha value is -1.64. The van der Waals surface area contributed by atoms with Crippen molar-refractivity contribution in [1.29, 1.82) is 0 Å². The van der Waals surface area contributed by atoms with E-state index in [9.17, 15) is 4.39 Å². The van der Waals surface area contributed by atoms with Crippen molar-refractivity contribution in [3.05, 3.63) is 48.5 Å². The van der Waals surface area contributed by atoms with Crippen molar-refractivity contribution in [2.45, 2.75) is 0 Å². The fourth-order valence-electron chi connectivity index (χ4n) is 1.02. The maximum Gasteiger partial charge on any atom is 0.123 e. The van der Waals surface area contributed by atoms with Gasteiger partial charge in [-0.25, -0.2) is 9.07 Å². The third-order valence-electron chi connectivity index (χ3n) is 1.60. The lowest BCUT2D eigenvalue weighted by molar-refractivity contribution is 0.627. The number of hydrogen-bond acceptors (Lipinski definition) is 1. The lowest BCUT2D eigenvalue weighted by atomic mass is 10.3. The summed E-state index contributed by atoms with van der Waals surface area (Å²) in [5, 5.41) is 4.01. The topological polar surface area (TPSA) is 17.8 Å². The first-order chi connectivity index (χ1) is 5.86. The summed E-state index contributed by atoms with van der Waals surface area (Å²) < 4.78 is 14.2. The van der Waals surface area contributed by atoms with Crippen LogP contribution in [0.5, 0.6) is 0 Å². The van der Waals surface area contributed by atoms with Crippen molar-refractivity contribution in [2.24, 2.45) is 0 Å². The van der Waals surface area contributed by atoms with Crippen LogP contribution in [0.4, 0.5) is 4.39 Å². The minimum atomic E-state index is -0.231. The number of nitrogens with zero attached hydrogens (tertiary/aromatic N) is 2. The molecular formula is C9H7FN2. The molecule has 1 aromatic carbocycles. The predicted octanol–water partition coefficient (Wildman–Crippen LogP) is 2.01. The second-order valence-corrected chi connectivity index (χ2v) is 2.43. The molecule has 0 saturated heterocycles. The van der Waals surface area contributed by atoms with Crippen LogP contribution in [0.2, 0.25) is 0 Å². The van der Waals surface area contributed by atoms with Crippen LogP contribution in [0.25, 0.3) is 5.69 Å². The van der Waals surface area contributed by atoms with Gasteiger partial charge in [-0.05, 0) is 30.3 Å². The van der Waals surface area contributed by atoms with Gasteiger partial charge < -0.3 is 0 Å². The maximum atomic E-state index is 12.5. The molecule has 0 spiro atoms. The predicted molar refractivity (Wildman–Crippen MR) is 43.5 cm³/mol. The minimum Gasteiger partial charge on any atom is -0.241 e. The van der Waals surface area contributed by atoms with Gasteiger partial charge in [0.2, 0.25) is 0 Å². The minimum absolute atomic E-state index is 0.231. The van der Waals surface area contributed by atoms with E-state index in [0.29, 0.717) is 0 Å². The first kappa shape index (κ1) is 7.03. The van der Waals surface area contributed by atoms with Gasteiger partial charge in [0.25, 0.3) is 0 Å². The van der Waals surface area contributed by atoms with E-state index in [2.05, 4.69) is 5.10 Å². The van der Waals surface area contributed by atoms with Crippen molar-refractivity contribution in [2.75, 3.05) is 0 Å². The highest BCUT2D eigenvalue weighted by Gasteiger charge is 1.94. The zero-order chi connectivity index (χ0) is 8.39. The molecule has 0 aliphatic heterocycles. The SMILES string of the molecule is [18F]c1ccc(-n2cccn2)cc1. The van der Waals surface area contributed by atoms with Crippen molar-refractivity contribution in [1.82, 2.24) is 9.78 Å². The molecule has 2 aromatic rings. The fraction of sp³-hybridized carbons (Fsp3) is 0. The van der Waals surface area contributed by atoms with Crippen LogP contribution in [-0.4, -0.2) is 9.78 Å². The van der Waals surface area contributed by atoms with Gasteiger partial charge in [0.15, 0.2) is 0 Å². The maximum absolute atomic E-state index is 12.5. The molecule has 1 heterocycles. The first-order valence-electron chi connectivity index (χ1n) is 3.62. The number of halogens is 1. The Labute approximate surface area is 69.3 Å². The molecule has 60 valence electrons. The zero-order valence-electron chi connectivity index (χ0n) is 6.31. The summed E-state index contributed by atoms with van der Waals surface area (Å²) in [6.45, 7) is 0. The average molecular weight is 161 g/mol. The molecule has 2 rings (SSSR count). The molecular weight excluding hydrogens is 154 g/mol. The summed E-state index contributed by atoms with van der Waals surface area (Å²) in [6.07, 6.45) is 3.50. The molecule has 0 bridgehead atoms. The van der Waals surface area contributed by atoms with Gasteiger partial charge in [0.05, 0.1) is 5.69 Å². The van der Waals surface area contributed by atoms with Crippen molar-refractivity contribution < 1.29 is 4.39 Å². The Bertz CT molecular complexity index is 351. The Morgan fingerprint density at radius 1 is 1.17 bits per heavy atom. The van der Waals surface area contributed by atoms with Crippen LogP contribution in [0.15, 0.2) is 42.7 Å². The second-order valence-electron chi connectivity index (χ2n) is 2.43. The molecule has 0 amide bonds. The van der Waals surface area contributed by atoms with Crippen molar-refractivity contribution in [3.8, 4) is 5.69 Å². The van der Waals surface area contributed by atoms with E-state index in [1.165, 1.54) is 12.1 Å². The van der Waals surface area contributed by atoms with Gasteiger partial charge in [-0.3, -0.25) is 0 Å². The molecule has 12 heavy (non-hydrogen) atoms. The molecule has 0 N–H and O–H groups in total. The highest BCUT2D eigenvalue weighted by molar-refractivity contribution is 5.30. The quantitative estimate of drug-likeness (QED) is 0.625. The smallest absolute Gasteiger partial charge is 0.123 e. The summed E-state index contributed by atoms with van der Waals surface area (Å²) in [5.74, 6) is -0.231. The number of rotatable bonds is 1. The molecule has 0 aliphatic carbocycles. The van der Waals surface area contributed by atoms with E-state index in [-0.39, 0.29) is 5.82 Å². The summed E-state index contributed by atoms with van der Waals surface area (Å²) in [5.41, 5.74) is 0.862. The van der Waals surface area contributed by atoms with Gasteiger partial charge in [0.1, 0.15) is 5.82 Å². The molecule has 0 atom stereocenters. The van der Waals surface area contributed by atoms with Gasteiger partial charge in [-0.15, -0.1) is 0 Å². The molecule has 1 aromatic heterocycles. The molecule has 0 unspecified atom stereocenters. The Morgan fingerprint density at radius 2 is 1.92 bits per heavy atom. The first-order valence-corrected chi connectivity index (χ1v) is 3.62. The summed E-state index contributed by atoms with van der Waals surface area (Å²) >= 11 is 0. The van der Waals surface area contributed by atoms with Gasteiger partial charge in [-0.2, -0.15) is 5.10 Å². The summed E-state index contributed by atoms with van der Waals surface area (Å²) in [7, 11) is 0. The summed E-state index contributed by atoms with van der Waals surface area (Å²) in [4.78, 5) is 0. The lowest BCUT2D eigenvalue weighted by Crippen LogP contribution is -1.93. The largest absolute Gasteiger partial charge is 0.241 e. The normalized spacial score (nSPS) is 10.1. The fourth-order valence-corrected chi connectivity index (χ4v) is 1.02. The number of hydrogen-bond donors (Lipinski definition) is 0. The van der Waals surface area contributed by atoms with Crippen LogP contribution in [0, 0.1) is 5.82 Å².